The molecule has 162 valence electrons. The lowest BCUT2D eigenvalue weighted by molar-refractivity contribution is -0.111. The second-order valence-corrected chi connectivity index (χ2v) is 9.08. The molecule has 2 aromatic carbocycles. The van der Waals surface area contributed by atoms with Gasteiger partial charge >= 0.3 is 0 Å². The number of anilines is 1. The summed E-state index contributed by atoms with van der Waals surface area (Å²) in [6.45, 7) is 2.50. The number of ether oxygens (including phenoxy) is 2. The van der Waals surface area contributed by atoms with Gasteiger partial charge in [-0.2, -0.15) is 0 Å². The number of halogens is 1. The number of rotatable bonds is 9. The second kappa shape index (κ2) is 10.5. The molecule has 2 aromatic rings. The van der Waals surface area contributed by atoms with Crippen molar-refractivity contribution in [1.82, 2.24) is 4.31 Å². The van der Waals surface area contributed by atoms with Gasteiger partial charge in [-0.1, -0.05) is 24.6 Å². The number of amides is 1. The maximum absolute atomic E-state index is 12.3. The monoisotopic (exact) mass is 452 g/mol. The van der Waals surface area contributed by atoms with Gasteiger partial charge < -0.3 is 14.8 Å². The molecular formula is C21H25ClN2O5S. The van der Waals surface area contributed by atoms with E-state index >= 15 is 0 Å². The Labute approximate surface area is 182 Å². The van der Waals surface area contributed by atoms with Gasteiger partial charge in [0.05, 0.1) is 23.6 Å². The van der Waals surface area contributed by atoms with Gasteiger partial charge in [0.25, 0.3) is 0 Å². The van der Waals surface area contributed by atoms with Crippen molar-refractivity contribution >= 4 is 39.3 Å². The first-order valence-electron chi connectivity index (χ1n) is 9.21. The molecule has 0 heterocycles. The molecule has 2 rings (SSSR count). The van der Waals surface area contributed by atoms with Crippen LogP contribution >= 0.6 is 11.6 Å². The fourth-order valence-electron chi connectivity index (χ4n) is 2.48. The molecule has 9 heteroatoms. The third-order valence-electron chi connectivity index (χ3n) is 4.01. The summed E-state index contributed by atoms with van der Waals surface area (Å²) in [4.78, 5) is 12.4. The maximum atomic E-state index is 12.3. The highest BCUT2D eigenvalue weighted by molar-refractivity contribution is 7.89. The van der Waals surface area contributed by atoms with E-state index in [1.54, 1.807) is 30.3 Å². The Kier molecular flexibility index (Phi) is 8.28. The predicted molar refractivity (Wildman–Crippen MR) is 119 cm³/mol. The Balaban J connectivity index is 2.16. The summed E-state index contributed by atoms with van der Waals surface area (Å²) < 4.78 is 36.5. The molecule has 0 radical (unpaired) electrons. The molecule has 0 aliphatic rings. The summed E-state index contributed by atoms with van der Waals surface area (Å²) in [5.41, 5.74) is 1.02. The highest BCUT2D eigenvalue weighted by Gasteiger charge is 2.17. The van der Waals surface area contributed by atoms with Crippen molar-refractivity contribution in [2.75, 3.05) is 33.1 Å². The molecule has 0 saturated heterocycles. The lowest BCUT2D eigenvalue weighted by Crippen LogP contribution is -2.22. The fourth-order valence-corrected chi connectivity index (χ4v) is 3.70. The van der Waals surface area contributed by atoms with Gasteiger partial charge in [0.15, 0.2) is 11.5 Å². The number of carbonyl (C=O) groups is 1. The molecule has 30 heavy (non-hydrogen) atoms. The first-order valence-corrected chi connectivity index (χ1v) is 11.0. The van der Waals surface area contributed by atoms with Crippen molar-refractivity contribution in [2.24, 2.45) is 0 Å². The van der Waals surface area contributed by atoms with Crippen molar-refractivity contribution in [3.05, 3.63) is 53.1 Å². The van der Waals surface area contributed by atoms with Crippen LogP contribution in [-0.4, -0.2) is 46.4 Å². The summed E-state index contributed by atoms with van der Waals surface area (Å²) in [6.07, 6.45) is 3.73. The molecule has 1 amide bonds. The molecule has 0 atom stereocenters. The minimum Gasteiger partial charge on any atom is -0.493 e. The minimum absolute atomic E-state index is 0.0912. The summed E-state index contributed by atoms with van der Waals surface area (Å²) in [5, 5.41) is 3.03. The lowest BCUT2D eigenvalue weighted by atomic mass is 10.2. The molecule has 0 saturated carbocycles. The molecule has 0 bridgehead atoms. The van der Waals surface area contributed by atoms with E-state index in [2.05, 4.69) is 5.32 Å². The topological polar surface area (TPSA) is 84.9 Å². The van der Waals surface area contributed by atoms with Gasteiger partial charge in [0, 0.05) is 25.9 Å². The predicted octanol–water partition coefficient (Wildman–Crippen LogP) is 4.04. The summed E-state index contributed by atoms with van der Waals surface area (Å²) in [7, 11) is 0.815. The van der Waals surface area contributed by atoms with E-state index < -0.39 is 15.9 Å². The van der Waals surface area contributed by atoms with Crippen LogP contribution in [0, 0.1) is 0 Å². The van der Waals surface area contributed by atoms with E-state index in [-0.39, 0.29) is 4.90 Å². The number of hydrogen-bond donors (Lipinski definition) is 1. The minimum atomic E-state index is -3.59. The van der Waals surface area contributed by atoms with Gasteiger partial charge in [-0.3, -0.25) is 4.79 Å². The van der Waals surface area contributed by atoms with Crippen LogP contribution < -0.4 is 14.8 Å². The number of nitrogens with one attached hydrogen (secondary N) is 1. The highest BCUT2D eigenvalue weighted by Crippen LogP contribution is 2.36. The van der Waals surface area contributed by atoms with Crippen LogP contribution in [0.3, 0.4) is 0 Å². The van der Waals surface area contributed by atoms with E-state index in [1.165, 1.54) is 39.4 Å². The average molecular weight is 453 g/mol. The number of hydrogen-bond acceptors (Lipinski definition) is 5. The van der Waals surface area contributed by atoms with E-state index in [9.17, 15) is 13.2 Å². The average Bonchev–Trinajstić information content (AvgIpc) is 2.71. The van der Waals surface area contributed by atoms with Crippen LogP contribution in [0.2, 0.25) is 5.02 Å². The summed E-state index contributed by atoms with van der Waals surface area (Å²) in [6, 6.07) is 9.43. The third kappa shape index (κ3) is 5.98. The van der Waals surface area contributed by atoms with Gasteiger partial charge in [-0.15, -0.1) is 0 Å². The fraction of sp³-hybridized carbons (Fsp3) is 0.286. The van der Waals surface area contributed by atoms with Crippen molar-refractivity contribution < 1.29 is 22.7 Å². The molecule has 1 N–H and O–H groups in total. The van der Waals surface area contributed by atoms with E-state index in [0.717, 1.165) is 10.7 Å². The van der Waals surface area contributed by atoms with E-state index in [4.69, 9.17) is 21.1 Å². The molecule has 0 aliphatic carbocycles. The van der Waals surface area contributed by atoms with Crippen LogP contribution in [0.1, 0.15) is 18.9 Å². The molecular weight excluding hydrogens is 428 g/mol. The maximum Gasteiger partial charge on any atom is 0.248 e. The zero-order chi connectivity index (χ0) is 22.3. The zero-order valence-electron chi connectivity index (χ0n) is 17.3. The zero-order valence-corrected chi connectivity index (χ0v) is 18.9. The van der Waals surface area contributed by atoms with Gasteiger partial charge in [0.1, 0.15) is 0 Å². The SMILES string of the molecule is CCCOc1c(Cl)cc(/C=C/C(=O)Nc2cccc(S(=O)(=O)N(C)C)c2)cc1OC. The molecule has 0 aromatic heterocycles. The quantitative estimate of drug-likeness (QED) is 0.580. The van der Waals surface area contributed by atoms with Crippen molar-refractivity contribution in [3.63, 3.8) is 0 Å². The Morgan fingerprint density at radius 1 is 1.23 bits per heavy atom. The first kappa shape index (κ1) is 23.7. The molecule has 0 fully saturated rings. The van der Waals surface area contributed by atoms with Crippen molar-refractivity contribution in [2.45, 2.75) is 18.2 Å². The van der Waals surface area contributed by atoms with Crippen LogP contribution in [0.5, 0.6) is 11.5 Å². The molecule has 7 nitrogen and oxygen atoms in total. The number of sulfonamides is 1. The number of methoxy groups -OCH3 is 1. The van der Waals surface area contributed by atoms with E-state index in [0.29, 0.717) is 34.4 Å². The van der Waals surface area contributed by atoms with Crippen molar-refractivity contribution in [1.29, 1.82) is 0 Å². The first-order chi connectivity index (χ1) is 14.2. The smallest absolute Gasteiger partial charge is 0.248 e. The number of benzene rings is 2. The van der Waals surface area contributed by atoms with Gasteiger partial charge in [-0.05, 0) is 48.4 Å². The molecule has 0 unspecified atom stereocenters. The van der Waals surface area contributed by atoms with Crippen LogP contribution in [0.25, 0.3) is 6.08 Å². The Morgan fingerprint density at radius 2 is 1.97 bits per heavy atom. The summed E-state index contributed by atoms with van der Waals surface area (Å²) in [5.74, 6) is 0.509. The van der Waals surface area contributed by atoms with Crippen LogP contribution in [0.15, 0.2) is 47.4 Å². The number of carbonyl (C=O) groups excluding carboxylic acids is 1. The standard InChI is InChI=1S/C21H25ClN2O5S/c1-5-11-29-21-18(22)12-15(13-19(21)28-4)9-10-20(25)23-16-7-6-8-17(14-16)30(26,27)24(2)3/h6-10,12-14H,5,11H2,1-4H3,(H,23,25)/b10-9+. The molecule has 0 spiro atoms. The van der Waals surface area contributed by atoms with Crippen molar-refractivity contribution in [3.8, 4) is 11.5 Å². The second-order valence-electron chi connectivity index (χ2n) is 6.52. The highest BCUT2D eigenvalue weighted by atomic mass is 35.5. The van der Waals surface area contributed by atoms with Gasteiger partial charge in [0.2, 0.25) is 15.9 Å². The summed E-state index contributed by atoms with van der Waals surface area (Å²) >= 11 is 6.28. The van der Waals surface area contributed by atoms with Gasteiger partial charge in [-0.25, -0.2) is 12.7 Å². The largest absolute Gasteiger partial charge is 0.493 e. The van der Waals surface area contributed by atoms with Crippen LogP contribution in [-0.2, 0) is 14.8 Å². The Morgan fingerprint density at radius 3 is 2.60 bits per heavy atom. The van der Waals surface area contributed by atoms with E-state index in [1.807, 2.05) is 6.92 Å². The van der Waals surface area contributed by atoms with Crippen LogP contribution in [0.4, 0.5) is 5.69 Å². The molecule has 0 aliphatic heterocycles. The normalized spacial score (nSPS) is 11.7. The Hall–Kier alpha value is -2.55. The Bertz CT molecular complexity index is 1040. The third-order valence-corrected chi connectivity index (χ3v) is 6.10. The lowest BCUT2D eigenvalue weighted by Gasteiger charge is -2.13. The number of nitrogens with zero attached hydrogens (tertiary/aromatic N) is 1.